The van der Waals surface area contributed by atoms with Crippen LogP contribution in [-0.4, -0.2) is 16.5 Å². The minimum Gasteiger partial charge on any atom is -0.385 e. The highest BCUT2D eigenvalue weighted by Gasteiger charge is 2.02. The van der Waals surface area contributed by atoms with E-state index in [9.17, 15) is 4.79 Å². The van der Waals surface area contributed by atoms with Gasteiger partial charge in [0.05, 0.1) is 11.0 Å². The molecule has 0 saturated heterocycles. The predicted octanol–water partition coefficient (Wildman–Crippen LogP) is 2.70. The van der Waals surface area contributed by atoms with Crippen molar-refractivity contribution in [2.45, 2.75) is 26.7 Å². The van der Waals surface area contributed by atoms with Gasteiger partial charge in [-0.25, -0.2) is 4.79 Å². The quantitative estimate of drug-likeness (QED) is 0.743. The van der Waals surface area contributed by atoms with Crippen molar-refractivity contribution >= 4 is 16.7 Å². The Morgan fingerprint density at radius 1 is 1.29 bits per heavy atom. The van der Waals surface area contributed by atoms with E-state index in [0.717, 1.165) is 23.3 Å². The van der Waals surface area contributed by atoms with Crippen LogP contribution >= 0.6 is 0 Å². The molecule has 0 amide bonds. The number of H-pyrrole nitrogens is 2. The minimum absolute atomic E-state index is 0.156. The van der Waals surface area contributed by atoms with Gasteiger partial charge in [0, 0.05) is 12.2 Å². The SMILES string of the molecule is CCCC(C)CNc1ccc2[nH]c(=O)[nH]c2c1. The summed E-state index contributed by atoms with van der Waals surface area (Å²) in [7, 11) is 0. The monoisotopic (exact) mass is 233 g/mol. The van der Waals surface area contributed by atoms with Crippen molar-refractivity contribution in [1.29, 1.82) is 0 Å². The van der Waals surface area contributed by atoms with Gasteiger partial charge in [0.2, 0.25) is 0 Å². The number of hydrogen-bond acceptors (Lipinski definition) is 2. The van der Waals surface area contributed by atoms with Crippen molar-refractivity contribution in [3.8, 4) is 0 Å². The Hall–Kier alpha value is -1.71. The van der Waals surface area contributed by atoms with Gasteiger partial charge in [0.15, 0.2) is 0 Å². The van der Waals surface area contributed by atoms with E-state index < -0.39 is 0 Å². The van der Waals surface area contributed by atoms with Crippen molar-refractivity contribution in [1.82, 2.24) is 9.97 Å². The molecule has 1 atom stereocenters. The highest BCUT2D eigenvalue weighted by molar-refractivity contribution is 5.78. The first kappa shape index (κ1) is 11.8. The third kappa shape index (κ3) is 2.90. The van der Waals surface area contributed by atoms with Crippen LogP contribution in [0.1, 0.15) is 26.7 Å². The summed E-state index contributed by atoms with van der Waals surface area (Å²) in [5.74, 6) is 0.668. The van der Waals surface area contributed by atoms with Crippen LogP contribution in [0, 0.1) is 5.92 Å². The molecule has 0 spiro atoms. The summed E-state index contributed by atoms with van der Waals surface area (Å²) in [6, 6.07) is 5.87. The van der Waals surface area contributed by atoms with Crippen molar-refractivity contribution in [3.05, 3.63) is 28.7 Å². The number of nitrogens with one attached hydrogen (secondary N) is 3. The fraction of sp³-hybridized carbons (Fsp3) is 0.462. The number of fused-ring (bicyclic) bond motifs is 1. The smallest absolute Gasteiger partial charge is 0.323 e. The fourth-order valence-electron chi connectivity index (χ4n) is 2.03. The van der Waals surface area contributed by atoms with Gasteiger partial charge in [-0.05, 0) is 30.5 Å². The van der Waals surface area contributed by atoms with E-state index in [1.54, 1.807) is 0 Å². The number of hydrogen-bond donors (Lipinski definition) is 3. The third-order valence-corrected chi connectivity index (χ3v) is 2.95. The summed E-state index contributed by atoms with van der Waals surface area (Å²) in [6.07, 6.45) is 2.45. The molecule has 1 aromatic heterocycles. The summed E-state index contributed by atoms with van der Waals surface area (Å²) in [4.78, 5) is 16.6. The number of imidazole rings is 1. The Kier molecular flexibility index (Phi) is 3.52. The molecule has 0 radical (unpaired) electrons. The van der Waals surface area contributed by atoms with Gasteiger partial charge < -0.3 is 15.3 Å². The molecule has 0 aliphatic rings. The standard InChI is InChI=1S/C13H19N3O/c1-3-4-9(2)8-14-10-5-6-11-12(7-10)16-13(17)15-11/h5-7,9,14H,3-4,8H2,1-2H3,(H2,15,16,17). The summed E-state index contributed by atoms with van der Waals surface area (Å²) in [5.41, 5.74) is 2.59. The molecule has 17 heavy (non-hydrogen) atoms. The van der Waals surface area contributed by atoms with Crippen LogP contribution in [0.25, 0.3) is 11.0 Å². The first-order chi connectivity index (χ1) is 8.19. The van der Waals surface area contributed by atoms with Crippen LogP contribution in [0.4, 0.5) is 5.69 Å². The van der Waals surface area contributed by atoms with Crippen molar-refractivity contribution in [3.63, 3.8) is 0 Å². The number of aromatic amines is 2. The first-order valence-electron chi connectivity index (χ1n) is 6.15. The number of benzene rings is 1. The van der Waals surface area contributed by atoms with E-state index in [2.05, 4.69) is 29.1 Å². The van der Waals surface area contributed by atoms with Crippen LogP contribution in [0.15, 0.2) is 23.0 Å². The van der Waals surface area contributed by atoms with Crippen LogP contribution < -0.4 is 11.0 Å². The lowest BCUT2D eigenvalue weighted by Gasteiger charge is -2.12. The Balaban J connectivity index is 2.06. The molecule has 4 heteroatoms. The normalized spacial score (nSPS) is 12.8. The van der Waals surface area contributed by atoms with Gasteiger partial charge in [-0.3, -0.25) is 0 Å². The molecule has 1 heterocycles. The Morgan fingerprint density at radius 3 is 2.82 bits per heavy atom. The lowest BCUT2D eigenvalue weighted by atomic mass is 10.1. The van der Waals surface area contributed by atoms with Crippen molar-refractivity contribution in [2.24, 2.45) is 5.92 Å². The molecule has 1 aromatic carbocycles. The highest BCUT2D eigenvalue weighted by atomic mass is 16.1. The van der Waals surface area contributed by atoms with E-state index in [1.807, 2.05) is 18.2 Å². The molecule has 1 unspecified atom stereocenters. The zero-order chi connectivity index (χ0) is 12.3. The maximum Gasteiger partial charge on any atom is 0.323 e. The molecular formula is C13H19N3O. The van der Waals surface area contributed by atoms with E-state index in [0.29, 0.717) is 5.92 Å². The van der Waals surface area contributed by atoms with Crippen LogP contribution in [0.5, 0.6) is 0 Å². The second-order valence-corrected chi connectivity index (χ2v) is 4.61. The Morgan fingerprint density at radius 2 is 2.06 bits per heavy atom. The van der Waals surface area contributed by atoms with Crippen LogP contribution in [-0.2, 0) is 0 Å². The summed E-state index contributed by atoms with van der Waals surface area (Å²) < 4.78 is 0. The lowest BCUT2D eigenvalue weighted by Crippen LogP contribution is -2.10. The molecule has 92 valence electrons. The van der Waals surface area contributed by atoms with Gasteiger partial charge >= 0.3 is 5.69 Å². The third-order valence-electron chi connectivity index (χ3n) is 2.95. The number of rotatable bonds is 5. The maximum absolute atomic E-state index is 11.1. The second-order valence-electron chi connectivity index (χ2n) is 4.61. The van der Waals surface area contributed by atoms with E-state index >= 15 is 0 Å². The molecule has 0 aliphatic carbocycles. The van der Waals surface area contributed by atoms with E-state index in [4.69, 9.17) is 0 Å². The summed E-state index contributed by atoms with van der Waals surface area (Å²) in [5, 5.41) is 3.39. The van der Waals surface area contributed by atoms with Crippen LogP contribution in [0.2, 0.25) is 0 Å². The van der Waals surface area contributed by atoms with Crippen LogP contribution in [0.3, 0.4) is 0 Å². The molecule has 0 fully saturated rings. The first-order valence-corrected chi connectivity index (χ1v) is 6.15. The summed E-state index contributed by atoms with van der Waals surface area (Å²) in [6.45, 7) is 5.41. The zero-order valence-corrected chi connectivity index (χ0v) is 10.3. The van der Waals surface area contributed by atoms with Gasteiger partial charge in [0.25, 0.3) is 0 Å². The number of anilines is 1. The lowest BCUT2D eigenvalue weighted by molar-refractivity contribution is 0.551. The topological polar surface area (TPSA) is 60.7 Å². The van der Waals surface area contributed by atoms with Gasteiger partial charge in [0.1, 0.15) is 0 Å². The van der Waals surface area contributed by atoms with Gasteiger partial charge in [-0.15, -0.1) is 0 Å². The van der Waals surface area contributed by atoms with Crippen molar-refractivity contribution in [2.75, 3.05) is 11.9 Å². The van der Waals surface area contributed by atoms with E-state index in [-0.39, 0.29) is 5.69 Å². The van der Waals surface area contributed by atoms with Gasteiger partial charge in [-0.1, -0.05) is 20.3 Å². The second kappa shape index (κ2) is 5.08. The van der Waals surface area contributed by atoms with E-state index in [1.165, 1.54) is 12.8 Å². The Bertz CT molecular complexity index is 541. The molecule has 2 rings (SSSR count). The van der Waals surface area contributed by atoms with Crippen molar-refractivity contribution < 1.29 is 0 Å². The zero-order valence-electron chi connectivity index (χ0n) is 10.3. The largest absolute Gasteiger partial charge is 0.385 e. The maximum atomic E-state index is 11.1. The molecule has 0 bridgehead atoms. The van der Waals surface area contributed by atoms with Gasteiger partial charge in [-0.2, -0.15) is 0 Å². The molecule has 4 nitrogen and oxygen atoms in total. The molecule has 0 saturated carbocycles. The molecule has 3 N–H and O–H groups in total. The number of aromatic nitrogens is 2. The Labute approximate surface area is 100 Å². The average molecular weight is 233 g/mol. The molecule has 0 aliphatic heterocycles. The summed E-state index contributed by atoms with van der Waals surface area (Å²) >= 11 is 0. The predicted molar refractivity (Wildman–Crippen MR) is 71.5 cm³/mol. The fourth-order valence-corrected chi connectivity index (χ4v) is 2.03. The average Bonchev–Trinajstić information content (AvgIpc) is 2.66. The minimum atomic E-state index is -0.156. The molecule has 2 aromatic rings. The molecular weight excluding hydrogens is 214 g/mol. The highest BCUT2D eigenvalue weighted by Crippen LogP contribution is 2.15.